The van der Waals surface area contributed by atoms with Crippen LogP contribution in [0.2, 0.25) is 0 Å². The normalized spacial score (nSPS) is 30.2. The number of ether oxygens (including phenoxy) is 1. The summed E-state index contributed by atoms with van der Waals surface area (Å²) in [5.74, 6) is 3.42. The summed E-state index contributed by atoms with van der Waals surface area (Å²) in [5.41, 5.74) is 0.968. The summed E-state index contributed by atoms with van der Waals surface area (Å²) in [6.45, 7) is 6.89. The number of hydrogen-bond donors (Lipinski definition) is 2. The zero-order valence-corrected chi connectivity index (χ0v) is 18.6. The lowest BCUT2D eigenvalue weighted by Gasteiger charge is -2.55. The zero-order valence-electron chi connectivity index (χ0n) is 18.6. The number of amides is 2. The van der Waals surface area contributed by atoms with Gasteiger partial charge in [-0.2, -0.15) is 0 Å². The first kappa shape index (κ1) is 21.2. The molecule has 5 rings (SSSR count). The molecule has 4 bridgehead atoms. The molecule has 5 nitrogen and oxygen atoms in total. The highest BCUT2D eigenvalue weighted by Gasteiger charge is 2.54. The van der Waals surface area contributed by atoms with Crippen LogP contribution in [-0.2, 0) is 9.59 Å². The van der Waals surface area contributed by atoms with Crippen molar-refractivity contribution >= 4 is 11.8 Å². The fourth-order valence-electron chi connectivity index (χ4n) is 6.39. The van der Waals surface area contributed by atoms with E-state index in [1.54, 1.807) is 6.92 Å². The van der Waals surface area contributed by atoms with E-state index in [0.717, 1.165) is 48.3 Å². The molecule has 0 saturated heterocycles. The fourth-order valence-corrected chi connectivity index (χ4v) is 6.39. The molecule has 2 amide bonds. The Labute approximate surface area is 180 Å². The number of rotatable bonds is 8. The molecular formula is C25H36N2O3. The Morgan fingerprint density at radius 2 is 1.53 bits per heavy atom. The Morgan fingerprint density at radius 3 is 2.13 bits per heavy atom. The molecule has 1 atom stereocenters. The van der Waals surface area contributed by atoms with Crippen molar-refractivity contribution in [1.82, 2.24) is 10.6 Å². The molecule has 4 aliphatic carbocycles. The van der Waals surface area contributed by atoms with Crippen molar-refractivity contribution in [2.45, 2.75) is 71.3 Å². The number of carbonyl (C=O) groups excluding carboxylic acids is 2. The van der Waals surface area contributed by atoms with Crippen LogP contribution in [0.25, 0.3) is 0 Å². The molecule has 1 aromatic rings. The quantitative estimate of drug-likeness (QED) is 0.634. The van der Waals surface area contributed by atoms with E-state index in [2.05, 4.69) is 24.5 Å². The van der Waals surface area contributed by atoms with Crippen molar-refractivity contribution in [1.29, 1.82) is 0 Å². The fraction of sp³-hybridized carbons (Fsp3) is 0.680. The summed E-state index contributed by atoms with van der Waals surface area (Å²) >= 11 is 0. The monoisotopic (exact) mass is 412 g/mol. The maximum Gasteiger partial charge on any atom is 0.260 e. The molecule has 4 saturated carbocycles. The maximum absolute atomic E-state index is 13.0. The summed E-state index contributed by atoms with van der Waals surface area (Å²) < 4.78 is 5.91. The van der Waals surface area contributed by atoms with Crippen LogP contribution in [0.4, 0.5) is 0 Å². The van der Waals surface area contributed by atoms with Gasteiger partial charge >= 0.3 is 0 Å². The van der Waals surface area contributed by atoms with Gasteiger partial charge in [0.25, 0.3) is 5.91 Å². The standard InChI is InChI=1S/C25H36N2O3/c1-16(2)21-6-4-5-7-22(21)30-17(3)23(28)26-8-9-27-24(29)25-13-18-10-19(14-25)12-20(11-18)15-25/h4-7,16-20H,8-15H2,1-3H3,(H,26,28)(H,27,29). The van der Waals surface area contributed by atoms with E-state index in [9.17, 15) is 9.59 Å². The van der Waals surface area contributed by atoms with Gasteiger partial charge in [-0.05, 0) is 80.8 Å². The maximum atomic E-state index is 13.0. The molecule has 4 aliphatic rings. The van der Waals surface area contributed by atoms with Crippen molar-refractivity contribution in [3.05, 3.63) is 29.8 Å². The topological polar surface area (TPSA) is 67.4 Å². The van der Waals surface area contributed by atoms with Gasteiger partial charge in [-0.3, -0.25) is 9.59 Å². The predicted octanol–water partition coefficient (Wildman–Crippen LogP) is 4.03. The molecule has 0 spiro atoms. The highest BCUT2D eigenvalue weighted by Crippen LogP contribution is 2.60. The largest absolute Gasteiger partial charge is 0.481 e. The molecule has 0 heterocycles. The van der Waals surface area contributed by atoms with Crippen LogP contribution >= 0.6 is 0 Å². The van der Waals surface area contributed by atoms with Crippen LogP contribution in [0, 0.1) is 23.2 Å². The molecule has 0 radical (unpaired) electrons. The van der Waals surface area contributed by atoms with E-state index in [0.29, 0.717) is 19.0 Å². The van der Waals surface area contributed by atoms with Crippen LogP contribution in [0.1, 0.15) is 70.8 Å². The van der Waals surface area contributed by atoms with Gasteiger partial charge in [0.15, 0.2) is 6.10 Å². The van der Waals surface area contributed by atoms with Crippen molar-refractivity contribution in [2.75, 3.05) is 13.1 Å². The first-order valence-electron chi connectivity index (χ1n) is 11.7. The van der Waals surface area contributed by atoms with Crippen LogP contribution in [0.3, 0.4) is 0 Å². The van der Waals surface area contributed by atoms with Crippen LogP contribution in [0.15, 0.2) is 24.3 Å². The second-order valence-corrected chi connectivity index (χ2v) is 10.2. The molecule has 4 fully saturated rings. The third kappa shape index (κ3) is 4.35. The summed E-state index contributed by atoms with van der Waals surface area (Å²) in [7, 11) is 0. The number of nitrogens with one attached hydrogen (secondary N) is 2. The van der Waals surface area contributed by atoms with E-state index in [-0.39, 0.29) is 17.2 Å². The third-order valence-electron chi connectivity index (χ3n) is 7.44. The van der Waals surface area contributed by atoms with Crippen molar-refractivity contribution in [2.24, 2.45) is 23.2 Å². The minimum absolute atomic E-state index is 0.129. The van der Waals surface area contributed by atoms with Crippen molar-refractivity contribution in [3.63, 3.8) is 0 Å². The highest BCUT2D eigenvalue weighted by atomic mass is 16.5. The molecule has 1 unspecified atom stereocenters. The van der Waals surface area contributed by atoms with Gasteiger partial charge in [0.2, 0.25) is 5.91 Å². The minimum atomic E-state index is -0.580. The molecule has 2 N–H and O–H groups in total. The summed E-state index contributed by atoms with van der Waals surface area (Å²) in [6.07, 6.45) is 6.62. The Balaban J connectivity index is 1.22. The van der Waals surface area contributed by atoms with Gasteiger partial charge in [0, 0.05) is 18.5 Å². The van der Waals surface area contributed by atoms with Crippen molar-refractivity contribution in [3.8, 4) is 5.75 Å². The van der Waals surface area contributed by atoms with E-state index in [1.807, 2.05) is 24.3 Å². The van der Waals surface area contributed by atoms with Gasteiger partial charge in [-0.25, -0.2) is 0 Å². The van der Waals surface area contributed by atoms with Gasteiger partial charge in [-0.15, -0.1) is 0 Å². The van der Waals surface area contributed by atoms with Crippen LogP contribution in [-0.4, -0.2) is 31.0 Å². The number of carbonyl (C=O) groups is 2. The predicted molar refractivity (Wildman–Crippen MR) is 117 cm³/mol. The third-order valence-corrected chi connectivity index (χ3v) is 7.44. The van der Waals surface area contributed by atoms with E-state index >= 15 is 0 Å². The zero-order chi connectivity index (χ0) is 21.3. The van der Waals surface area contributed by atoms with E-state index in [1.165, 1.54) is 19.3 Å². The second kappa shape index (κ2) is 8.60. The Bertz CT molecular complexity index is 753. The summed E-state index contributed by atoms with van der Waals surface area (Å²) in [6, 6.07) is 7.85. The highest BCUT2D eigenvalue weighted by molar-refractivity contribution is 5.83. The lowest BCUT2D eigenvalue weighted by Crippen LogP contribution is -2.54. The first-order chi connectivity index (χ1) is 14.4. The molecule has 1 aromatic carbocycles. The number of hydrogen-bond acceptors (Lipinski definition) is 3. The Hall–Kier alpha value is -2.04. The summed E-state index contributed by atoms with van der Waals surface area (Å²) in [5, 5.41) is 6.02. The SMILES string of the molecule is CC(Oc1ccccc1C(C)C)C(=O)NCCNC(=O)C12CC3CC(CC(C3)C1)C2. The first-order valence-corrected chi connectivity index (χ1v) is 11.7. The van der Waals surface area contributed by atoms with Gasteiger partial charge < -0.3 is 15.4 Å². The lowest BCUT2D eigenvalue weighted by molar-refractivity contribution is -0.146. The molecule has 5 heteroatoms. The van der Waals surface area contributed by atoms with Crippen LogP contribution < -0.4 is 15.4 Å². The number of para-hydroxylation sites is 1. The smallest absolute Gasteiger partial charge is 0.260 e. The molecule has 30 heavy (non-hydrogen) atoms. The van der Waals surface area contributed by atoms with Crippen LogP contribution in [0.5, 0.6) is 5.75 Å². The average molecular weight is 413 g/mol. The molecule has 0 aliphatic heterocycles. The Morgan fingerprint density at radius 1 is 0.967 bits per heavy atom. The molecule has 0 aromatic heterocycles. The number of benzene rings is 1. The molecular weight excluding hydrogens is 376 g/mol. The van der Waals surface area contributed by atoms with Gasteiger partial charge in [0.05, 0.1) is 0 Å². The van der Waals surface area contributed by atoms with Gasteiger partial charge in [0.1, 0.15) is 5.75 Å². The molecule has 164 valence electrons. The van der Waals surface area contributed by atoms with E-state index in [4.69, 9.17) is 4.74 Å². The average Bonchev–Trinajstić information content (AvgIpc) is 2.70. The van der Waals surface area contributed by atoms with Crippen molar-refractivity contribution < 1.29 is 14.3 Å². The lowest BCUT2D eigenvalue weighted by atomic mass is 9.49. The van der Waals surface area contributed by atoms with Gasteiger partial charge in [-0.1, -0.05) is 32.0 Å². The second-order valence-electron chi connectivity index (χ2n) is 10.2. The Kier molecular flexibility index (Phi) is 6.08. The van der Waals surface area contributed by atoms with E-state index < -0.39 is 6.10 Å². The minimum Gasteiger partial charge on any atom is -0.481 e. The summed E-state index contributed by atoms with van der Waals surface area (Å²) in [4.78, 5) is 25.4.